The van der Waals surface area contributed by atoms with E-state index in [9.17, 15) is 0 Å². The molecule has 0 amide bonds. The molecular formula is C15H19N3S. The zero-order valence-corrected chi connectivity index (χ0v) is 11.9. The van der Waals surface area contributed by atoms with Crippen molar-refractivity contribution < 1.29 is 0 Å². The van der Waals surface area contributed by atoms with Crippen LogP contribution in [0.1, 0.15) is 11.1 Å². The summed E-state index contributed by atoms with van der Waals surface area (Å²) < 4.78 is 0. The van der Waals surface area contributed by atoms with Gasteiger partial charge in [-0.3, -0.25) is 16.3 Å². The van der Waals surface area contributed by atoms with Crippen LogP contribution in [0.25, 0.3) is 0 Å². The van der Waals surface area contributed by atoms with Gasteiger partial charge in [-0.2, -0.15) is 0 Å². The summed E-state index contributed by atoms with van der Waals surface area (Å²) in [6.45, 7) is 2.11. The highest BCUT2D eigenvalue weighted by molar-refractivity contribution is 7.99. The van der Waals surface area contributed by atoms with E-state index in [1.165, 1.54) is 16.0 Å². The van der Waals surface area contributed by atoms with Crippen molar-refractivity contribution in [1.82, 2.24) is 10.4 Å². The molecule has 0 spiro atoms. The summed E-state index contributed by atoms with van der Waals surface area (Å²) in [5.74, 6) is 6.57. The molecular weight excluding hydrogens is 254 g/mol. The van der Waals surface area contributed by atoms with Gasteiger partial charge in [0.05, 0.1) is 0 Å². The summed E-state index contributed by atoms with van der Waals surface area (Å²) >= 11 is 1.82. The van der Waals surface area contributed by atoms with Crippen molar-refractivity contribution in [1.29, 1.82) is 0 Å². The number of nitrogens with two attached hydrogens (primary N) is 1. The predicted molar refractivity (Wildman–Crippen MR) is 81.0 cm³/mol. The Morgan fingerprint density at radius 1 is 1.32 bits per heavy atom. The van der Waals surface area contributed by atoms with E-state index in [1.54, 1.807) is 6.20 Å². The van der Waals surface area contributed by atoms with E-state index < -0.39 is 0 Å². The van der Waals surface area contributed by atoms with Crippen LogP contribution < -0.4 is 11.3 Å². The molecule has 0 aliphatic carbocycles. The number of benzene rings is 1. The van der Waals surface area contributed by atoms with Gasteiger partial charge in [0.15, 0.2) is 0 Å². The van der Waals surface area contributed by atoms with Crippen LogP contribution in [0.5, 0.6) is 0 Å². The first kappa shape index (κ1) is 14.1. The maximum atomic E-state index is 5.63. The van der Waals surface area contributed by atoms with Crippen LogP contribution in [0.3, 0.4) is 0 Å². The van der Waals surface area contributed by atoms with Crippen molar-refractivity contribution in [3.63, 3.8) is 0 Å². The molecule has 2 aromatic rings. The highest BCUT2D eigenvalue weighted by atomic mass is 32.2. The molecule has 2 rings (SSSR count). The first-order chi connectivity index (χ1) is 9.28. The van der Waals surface area contributed by atoms with Crippen LogP contribution in [-0.2, 0) is 6.42 Å². The molecule has 0 aliphatic rings. The monoisotopic (exact) mass is 273 g/mol. The van der Waals surface area contributed by atoms with Gasteiger partial charge in [0.1, 0.15) is 0 Å². The minimum Gasteiger partial charge on any atom is -0.271 e. The number of nitrogens with one attached hydrogen (secondary N) is 1. The second kappa shape index (κ2) is 7.28. The van der Waals surface area contributed by atoms with Crippen molar-refractivity contribution in [2.45, 2.75) is 24.3 Å². The van der Waals surface area contributed by atoms with Gasteiger partial charge in [-0.25, -0.2) is 0 Å². The number of aryl methyl sites for hydroxylation is 1. The summed E-state index contributed by atoms with van der Waals surface area (Å²) in [4.78, 5) is 5.41. The van der Waals surface area contributed by atoms with Gasteiger partial charge < -0.3 is 0 Å². The highest BCUT2D eigenvalue weighted by Crippen LogP contribution is 2.20. The Balaban J connectivity index is 1.89. The Bertz CT molecular complexity index is 502. The van der Waals surface area contributed by atoms with E-state index >= 15 is 0 Å². The number of aromatic nitrogens is 1. The van der Waals surface area contributed by atoms with E-state index in [2.05, 4.69) is 47.7 Å². The maximum Gasteiger partial charge on any atom is 0.0345 e. The van der Waals surface area contributed by atoms with Gasteiger partial charge in [0, 0.05) is 29.1 Å². The first-order valence-electron chi connectivity index (χ1n) is 6.32. The van der Waals surface area contributed by atoms with Crippen LogP contribution in [0, 0.1) is 6.92 Å². The third-order valence-corrected chi connectivity index (χ3v) is 4.04. The lowest BCUT2D eigenvalue weighted by molar-refractivity contribution is 0.575. The normalized spacial score (nSPS) is 12.3. The lowest BCUT2D eigenvalue weighted by atomic mass is 10.1. The van der Waals surface area contributed by atoms with E-state index in [0.29, 0.717) is 0 Å². The molecule has 1 aromatic carbocycles. The topological polar surface area (TPSA) is 50.9 Å². The number of hydrazine groups is 1. The van der Waals surface area contributed by atoms with Gasteiger partial charge in [0.2, 0.25) is 0 Å². The van der Waals surface area contributed by atoms with Crippen LogP contribution in [0.2, 0.25) is 0 Å². The standard InChI is InChI=1S/C15H19N3S/c1-12-4-2-6-15(8-12)19-11-14(18-16)9-13-5-3-7-17-10-13/h2-8,10,14,18H,9,11,16H2,1H3. The third-order valence-electron chi connectivity index (χ3n) is 2.88. The lowest BCUT2D eigenvalue weighted by Gasteiger charge is -2.15. The fourth-order valence-electron chi connectivity index (χ4n) is 1.87. The number of rotatable bonds is 6. The van der Waals surface area contributed by atoms with E-state index in [4.69, 9.17) is 5.84 Å². The number of thioether (sulfide) groups is 1. The van der Waals surface area contributed by atoms with Gasteiger partial charge in [-0.1, -0.05) is 23.8 Å². The van der Waals surface area contributed by atoms with Crippen LogP contribution in [-0.4, -0.2) is 16.8 Å². The van der Waals surface area contributed by atoms with E-state index in [1.807, 2.05) is 24.0 Å². The molecule has 100 valence electrons. The molecule has 0 saturated heterocycles. The van der Waals surface area contributed by atoms with Crippen molar-refractivity contribution >= 4 is 11.8 Å². The summed E-state index contributed by atoms with van der Waals surface area (Å²) in [5.41, 5.74) is 5.38. The van der Waals surface area contributed by atoms with Crippen molar-refractivity contribution in [3.8, 4) is 0 Å². The molecule has 0 saturated carbocycles. The summed E-state index contributed by atoms with van der Waals surface area (Å²) in [5, 5.41) is 0. The first-order valence-corrected chi connectivity index (χ1v) is 7.31. The van der Waals surface area contributed by atoms with Gasteiger partial charge in [-0.05, 0) is 37.1 Å². The molecule has 0 aliphatic heterocycles. The molecule has 0 radical (unpaired) electrons. The van der Waals surface area contributed by atoms with Crippen molar-refractivity contribution in [3.05, 3.63) is 59.9 Å². The molecule has 4 heteroatoms. The fourth-order valence-corrected chi connectivity index (χ4v) is 2.92. The predicted octanol–water partition coefficient (Wildman–Crippen LogP) is 2.56. The Morgan fingerprint density at radius 3 is 2.89 bits per heavy atom. The Labute approximate surface area is 118 Å². The number of nitrogens with zero attached hydrogens (tertiary/aromatic N) is 1. The zero-order valence-electron chi connectivity index (χ0n) is 11.0. The maximum absolute atomic E-state index is 5.63. The Kier molecular flexibility index (Phi) is 5.39. The van der Waals surface area contributed by atoms with Crippen molar-refractivity contribution in [2.75, 3.05) is 5.75 Å². The lowest BCUT2D eigenvalue weighted by Crippen LogP contribution is -2.38. The van der Waals surface area contributed by atoms with E-state index in [0.717, 1.165) is 12.2 Å². The number of hydrogen-bond donors (Lipinski definition) is 2. The smallest absolute Gasteiger partial charge is 0.0345 e. The number of pyridine rings is 1. The average Bonchev–Trinajstić information content (AvgIpc) is 2.44. The largest absolute Gasteiger partial charge is 0.271 e. The number of hydrogen-bond acceptors (Lipinski definition) is 4. The van der Waals surface area contributed by atoms with Crippen LogP contribution >= 0.6 is 11.8 Å². The van der Waals surface area contributed by atoms with E-state index in [-0.39, 0.29) is 6.04 Å². The average molecular weight is 273 g/mol. The molecule has 0 bridgehead atoms. The molecule has 1 heterocycles. The molecule has 3 N–H and O–H groups in total. The summed E-state index contributed by atoms with van der Waals surface area (Å²) in [6.07, 6.45) is 4.57. The highest BCUT2D eigenvalue weighted by Gasteiger charge is 2.08. The second-order valence-corrected chi connectivity index (χ2v) is 5.65. The SMILES string of the molecule is Cc1cccc(SCC(Cc2cccnc2)NN)c1. The summed E-state index contributed by atoms with van der Waals surface area (Å²) in [6, 6.07) is 12.8. The molecule has 19 heavy (non-hydrogen) atoms. The van der Waals surface area contributed by atoms with Crippen LogP contribution in [0.4, 0.5) is 0 Å². The van der Waals surface area contributed by atoms with Gasteiger partial charge in [-0.15, -0.1) is 11.8 Å². The fraction of sp³-hybridized carbons (Fsp3) is 0.267. The van der Waals surface area contributed by atoms with Crippen molar-refractivity contribution in [2.24, 2.45) is 5.84 Å². The molecule has 1 atom stereocenters. The van der Waals surface area contributed by atoms with Gasteiger partial charge in [0.25, 0.3) is 0 Å². The third kappa shape index (κ3) is 4.67. The minimum absolute atomic E-state index is 0.245. The van der Waals surface area contributed by atoms with Crippen LogP contribution in [0.15, 0.2) is 53.7 Å². The molecule has 0 fully saturated rings. The molecule has 3 nitrogen and oxygen atoms in total. The second-order valence-electron chi connectivity index (χ2n) is 4.56. The molecule has 1 unspecified atom stereocenters. The minimum atomic E-state index is 0.245. The Hall–Kier alpha value is -1.36. The quantitative estimate of drug-likeness (QED) is 0.482. The molecule has 1 aromatic heterocycles. The zero-order chi connectivity index (χ0) is 13.5. The summed E-state index contributed by atoms with van der Waals surface area (Å²) in [7, 11) is 0. The Morgan fingerprint density at radius 2 is 2.21 bits per heavy atom. The van der Waals surface area contributed by atoms with Gasteiger partial charge >= 0.3 is 0 Å².